The number of halogens is 5. The largest absolute Gasteiger partial charge is 0.411 e. The van der Waals surface area contributed by atoms with Crippen molar-refractivity contribution in [2.75, 3.05) is 5.32 Å². The van der Waals surface area contributed by atoms with Crippen molar-refractivity contribution in [2.24, 2.45) is 0 Å². The Morgan fingerprint density at radius 2 is 1.60 bits per heavy atom. The van der Waals surface area contributed by atoms with Crippen molar-refractivity contribution in [1.82, 2.24) is 0 Å². The summed E-state index contributed by atoms with van der Waals surface area (Å²) in [5, 5.41) is 2.27. The summed E-state index contributed by atoms with van der Waals surface area (Å²) in [7, 11) is -4.73. The quantitative estimate of drug-likeness (QED) is 0.868. The molecule has 0 aromatic heterocycles. The molecule has 0 radical (unpaired) electrons. The maximum absolute atomic E-state index is 12.7. The van der Waals surface area contributed by atoms with E-state index in [0.29, 0.717) is 0 Å². The van der Waals surface area contributed by atoms with Crippen molar-refractivity contribution < 1.29 is 30.4 Å². The van der Waals surface area contributed by atoms with Crippen LogP contribution in [0.3, 0.4) is 0 Å². The number of alkyl halides is 5. The molecule has 1 aliphatic carbocycles. The first-order chi connectivity index (χ1) is 9.08. The zero-order chi connectivity index (χ0) is 15.2. The second kappa shape index (κ2) is 4.57. The van der Waals surface area contributed by atoms with Gasteiger partial charge in [0, 0.05) is 5.69 Å². The van der Waals surface area contributed by atoms with Crippen LogP contribution in [0.2, 0.25) is 0 Å². The first-order valence-corrected chi connectivity index (χ1v) is 7.10. The standard InChI is InChI=1S/C11H10F5NO2S/c12-9(13)20(18,19)8-3-1-7(2-4-8)17-10(5-6-10)11(14,15)16/h1-4,9,17H,5-6H2. The topological polar surface area (TPSA) is 46.2 Å². The van der Waals surface area contributed by atoms with E-state index >= 15 is 0 Å². The first kappa shape index (κ1) is 15.0. The maximum atomic E-state index is 12.7. The lowest BCUT2D eigenvalue weighted by Crippen LogP contribution is -2.38. The van der Waals surface area contributed by atoms with E-state index in [0.717, 1.165) is 24.3 Å². The van der Waals surface area contributed by atoms with Crippen LogP contribution in [0.1, 0.15) is 12.8 Å². The minimum absolute atomic E-state index is 0.0352. The number of sulfone groups is 1. The summed E-state index contributed by atoms with van der Waals surface area (Å²) in [5.41, 5.74) is -1.95. The molecular weight excluding hydrogens is 305 g/mol. The lowest BCUT2D eigenvalue weighted by molar-refractivity contribution is -0.151. The normalized spacial score (nSPS) is 18.1. The molecule has 1 aromatic carbocycles. The monoisotopic (exact) mass is 315 g/mol. The molecule has 0 aliphatic heterocycles. The average Bonchev–Trinajstić information content (AvgIpc) is 3.10. The number of rotatable bonds is 4. The minimum atomic E-state index is -4.73. The molecule has 0 heterocycles. The molecule has 0 bridgehead atoms. The molecule has 1 fully saturated rings. The van der Waals surface area contributed by atoms with Gasteiger partial charge in [0.15, 0.2) is 0 Å². The Morgan fingerprint density at radius 3 is 1.95 bits per heavy atom. The fourth-order valence-corrected chi connectivity index (χ4v) is 2.43. The second-order valence-electron chi connectivity index (χ2n) is 4.53. The first-order valence-electron chi connectivity index (χ1n) is 5.56. The fraction of sp³-hybridized carbons (Fsp3) is 0.455. The summed E-state index contributed by atoms with van der Waals surface area (Å²) in [6.07, 6.45) is -4.57. The van der Waals surface area contributed by atoms with Crippen LogP contribution in [0, 0.1) is 0 Å². The van der Waals surface area contributed by atoms with Crippen molar-refractivity contribution in [3.05, 3.63) is 24.3 Å². The molecule has 1 N–H and O–H groups in total. The van der Waals surface area contributed by atoms with Crippen molar-refractivity contribution in [3.63, 3.8) is 0 Å². The van der Waals surface area contributed by atoms with Crippen LogP contribution in [-0.4, -0.2) is 25.9 Å². The summed E-state index contributed by atoms with van der Waals surface area (Å²) in [6.45, 7) is 0. The highest BCUT2D eigenvalue weighted by Gasteiger charge is 2.63. The molecule has 9 heteroatoms. The molecule has 0 atom stereocenters. The van der Waals surface area contributed by atoms with E-state index in [1.54, 1.807) is 0 Å². The van der Waals surface area contributed by atoms with E-state index in [4.69, 9.17) is 0 Å². The lowest BCUT2D eigenvalue weighted by atomic mass is 10.2. The van der Waals surface area contributed by atoms with Crippen LogP contribution in [0.5, 0.6) is 0 Å². The van der Waals surface area contributed by atoms with Crippen LogP contribution in [0.25, 0.3) is 0 Å². The summed E-state index contributed by atoms with van der Waals surface area (Å²) < 4.78 is 85.0. The predicted molar refractivity (Wildman–Crippen MR) is 61.3 cm³/mol. The number of hydrogen-bond acceptors (Lipinski definition) is 3. The van der Waals surface area contributed by atoms with Gasteiger partial charge in [0.25, 0.3) is 0 Å². The molecule has 1 aliphatic rings. The van der Waals surface area contributed by atoms with Crippen molar-refractivity contribution >= 4 is 15.5 Å². The zero-order valence-electron chi connectivity index (χ0n) is 9.92. The van der Waals surface area contributed by atoms with Gasteiger partial charge in [-0.25, -0.2) is 8.42 Å². The fourth-order valence-electron chi connectivity index (χ4n) is 1.71. The number of anilines is 1. The molecule has 2 rings (SSSR count). The molecule has 112 valence electrons. The Labute approximate surface area is 111 Å². The Kier molecular flexibility index (Phi) is 3.43. The third kappa shape index (κ3) is 2.58. The Balaban J connectivity index is 2.19. The lowest BCUT2D eigenvalue weighted by Gasteiger charge is -2.22. The summed E-state index contributed by atoms with van der Waals surface area (Å²) in [4.78, 5) is -0.630. The van der Waals surface area contributed by atoms with Crippen LogP contribution >= 0.6 is 0 Å². The van der Waals surface area contributed by atoms with Gasteiger partial charge in [-0.1, -0.05) is 0 Å². The van der Waals surface area contributed by atoms with Gasteiger partial charge in [-0.3, -0.25) is 0 Å². The number of hydrogen-bond donors (Lipinski definition) is 1. The second-order valence-corrected chi connectivity index (χ2v) is 6.45. The third-order valence-electron chi connectivity index (χ3n) is 3.09. The Morgan fingerprint density at radius 1 is 1.10 bits per heavy atom. The van der Waals surface area contributed by atoms with Gasteiger partial charge < -0.3 is 5.32 Å². The molecular formula is C11H10F5NO2S. The van der Waals surface area contributed by atoms with E-state index in [9.17, 15) is 30.4 Å². The maximum Gasteiger partial charge on any atom is 0.411 e. The van der Waals surface area contributed by atoms with E-state index < -0.39 is 32.2 Å². The van der Waals surface area contributed by atoms with Gasteiger partial charge in [0.05, 0.1) is 4.90 Å². The Hall–Kier alpha value is -1.38. The SMILES string of the molecule is O=S(=O)(c1ccc(NC2(C(F)(F)F)CC2)cc1)C(F)F. The van der Waals surface area contributed by atoms with Gasteiger partial charge in [-0.05, 0) is 37.1 Å². The van der Waals surface area contributed by atoms with Crippen LogP contribution < -0.4 is 5.32 Å². The van der Waals surface area contributed by atoms with Crippen LogP contribution in [-0.2, 0) is 9.84 Å². The zero-order valence-corrected chi connectivity index (χ0v) is 10.7. The molecule has 1 aromatic rings. The molecule has 0 amide bonds. The molecule has 3 nitrogen and oxygen atoms in total. The Bertz CT molecular complexity index is 590. The van der Waals surface area contributed by atoms with Crippen LogP contribution in [0.15, 0.2) is 29.2 Å². The van der Waals surface area contributed by atoms with Gasteiger partial charge in [-0.15, -0.1) is 0 Å². The van der Waals surface area contributed by atoms with Crippen molar-refractivity contribution in [1.29, 1.82) is 0 Å². The minimum Gasteiger partial charge on any atom is -0.372 e. The van der Waals surface area contributed by atoms with E-state index in [1.807, 2.05) is 0 Å². The van der Waals surface area contributed by atoms with E-state index in [-0.39, 0.29) is 18.5 Å². The molecule has 0 unspecified atom stereocenters. The van der Waals surface area contributed by atoms with E-state index in [1.165, 1.54) is 0 Å². The number of nitrogens with one attached hydrogen (secondary N) is 1. The molecule has 0 saturated heterocycles. The summed E-state index contributed by atoms with van der Waals surface area (Å²) >= 11 is 0. The molecule has 1 saturated carbocycles. The van der Waals surface area contributed by atoms with Crippen molar-refractivity contribution in [3.8, 4) is 0 Å². The third-order valence-corrected chi connectivity index (χ3v) is 4.49. The predicted octanol–water partition coefficient (Wildman–Crippen LogP) is 3.19. The van der Waals surface area contributed by atoms with Gasteiger partial charge in [0.1, 0.15) is 5.54 Å². The van der Waals surface area contributed by atoms with Crippen molar-refractivity contribution in [2.45, 2.75) is 35.2 Å². The highest BCUT2D eigenvalue weighted by molar-refractivity contribution is 7.91. The average molecular weight is 315 g/mol. The highest BCUT2D eigenvalue weighted by atomic mass is 32.2. The van der Waals surface area contributed by atoms with Gasteiger partial charge in [0.2, 0.25) is 9.84 Å². The van der Waals surface area contributed by atoms with Crippen LogP contribution in [0.4, 0.5) is 27.6 Å². The number of benzene rings is 1. The smallest absolute Gasteiger partial charge is 0.372 e. The molecule has 0 spiro atoms. The van der Waals surface area contributed by atoms with Gasteiger partial charge >= 0.3 is 11.9 Å². The summed E-state index contributed by atoms with van der Waals surface area (Å²) in [5.74, 6) is -3.56. The molecule has 20 heavy (non-hydrogen) atoms. The summed E-state index contributed by atoms with van der Waals surface area (Å²) in [6, 6.07) is 3.80. The van der Waals surface area contributed by atoms with E-state index in [2.05, 4.69) is 5.32 Å². The van der Waals surface area contributed by atoms with Gasteiger partial charge in [-0.2, -0.15) is 22.0 Å². The highest BCUT2D eigenvalue weighted by Crippen LogP contribution is 2.51.